The fourth-order valence-corrected chi connectivity index (χ4v) is 4.40. The molecule has 1 atom stereocenters. The average Bonchev–Trinajstić information content (AvgIpc) is 3.17. The largest absolute Gasteiger partial charge is 0.481 e. The van der Waals surface area contributed by atoms with Gasteiger partial charge in [0, 0.05) is 38.3 Å². The van der Waals surface area contributed by atoms with Gasteiger partial charge in [-0.25, -0.2) is 9.59 Å². The van der Waals surface area contributed by atoms with Crippen molar-refractivity contribution < 1.29 is 29.0 Å². The van der Waals surface area contributed by atoms with Crippen LogP contribution in [0.2, 0.25) is 0 Å². The maximum absolute atomic E-state index is 13.3. The number of hydrogen-bond donors (Lipinski definition) is 4. The van der Waals surface area contributed by atoms with Crippen LogP contribution in [0.5, 0.6) is 0 Å². The Morgan fingerprint density at radius 3 is 2.44 bits per heavy atom. The van der Waals surface area contributed by atoms with Gasteiger partial charge >= 0.3 is 18.1 Å². The molecule has 1 aliphatic rings. The highest BCUT2D eigenvalue weighted by Crippen LogP contribution is 2.29. The Kier molecular flexibility index (Phi) is 10.5. The molecule has 0 radical (unpaired) electrons. The number of anilines is 2. The smallest absolute Gasteiger partial charge is 0.409 e. The topological polar surface area (TPSA) is 140 Å². The van der Waals surface area contributed by atoms with Gasteiger partial charge in [0.15, 0.2) is 0 Å². The standard InChI is InChI=1S/C28H37N5O6/c1-4-12-29-27(37)31-23-17-21(10-11-24(23)32-13-5-14-33(16-15-32)28(38)39-3)26(36)30-22(18-25(34)35)20-8-6-19(2)7-9-20/h6-11,17,22H,4-5,12-16,18H2,1-3H3,(H,30,36)(H,34,35)(H2,29,31,37). The Balaban J connectivity index is 1.87. The number of carboxylic acid groups (broad SMARTS) is 1. The van der Waals surface area contributed by atoms with Gasteiger partial charge in [-0.1, -0.05) is 36.8 Å². The first-order chi connectivity index (χ1) is 18.7. The van der Waals surface area contributed by atoms with E-state index in [1.54, 1.807) is 35.2 Å². The molecule has 11 nitrogen and oxygen atoms in total. The van der Waals surface area contributed by atoms with Crippen molar-refractivity contribution >= 4 is 35.4 Å². The summed E-state index contributed by atoms with van der Waals surface area (Å²) in [6, 6.07) is 11.2. The van der Waals surface area contributed by atoms with Crippen LogP contribution in [0.25, 0.3) is 0 Å². The van der Waals surface area contributed by atoms with Gasteiger partial charge in [-0.2, -0.15) is 0 Å². The molecule has 4 N–H and O–H groups in total. The monoisotopic (exact) mass is 539 g/mol. The van der Waals surface area contributed by atoms with Gasteiger partial charge < -0.3 is 35.6 Å². The zero-order chi connectivity index (χ0) is 28.4. The van der Waals surface area contributed by atoms with E-state index in [2.05, 4.69) is 20.9 Å². The minimum Gasteiger partial charge on any atom is -0.481 e. The van der Waals surface area contributed by atoms with Crippen molar-refractivity contribution in [1.29, 1.82) is 0 Å². The second-order valence-corrected chi connectivity index (χ2v) is 9.45. The van der Waals surface area contributed by atoms with Crippen LogP contribution >= 0.6 is 0 Å². The van der Waals surface area contributed by atoms with Crippen LogP contribution in [-0.2, 0) is 9.53 Å². The molecule has 1 unspecified atom stereocenters. The lowest BCUT2D eigenvalue weighted by atomic mass is 10.0. The highest BCUT2D eigenvalue weighted by molar-refractivity contribution is 6.00. The first-order valence-corrected chi connectivity index (χ1v) is 13.1. The minimum absolute atomic E-state index is 0.276. The summed E-state index contributed by atoms with van der Waals surface area (Å²) in [6.45, 7) is 6.52. The number of rotatable bonds is 9. The Morgan fingerprint density at radius 1 is 1.03 bits per heavy atom. The molecule has 1 fully saturated rings. The van der Waals surface area contributed by atoms with Crippen molar-refractivity contribution in [1.82, 2.24) is 15.5 Å². The highest BCUT2D eigenvalue weighted by Gasteiger charge is 2.24. The molecular weight excluding hydrogens is 502 g/mol. The van der Waals surface area contributed by atoms with Gasteiger partial charge in [0.1, 0.15) is 0 Å². The Morgan fingerprint density at radius 2 is 1.77 bits per heavy atom. The van der Waals surface area contributed by atoms with E-state index in [0.29, 0.717) is 56.1 Å². The quantitative estimate of drug-likeness (QED) is 0.380. The molecule has 0 saturated carbocycles. The predicted octanol–water partition coefficient (Wildman–Crippen LogP) is 3.75. The Hall–Kier alpha value is -4.28. The van der Waals surface area contributed by atoms with Crippen molar-refractivity contribution in [3.8, 4) is 0 Å². The molecule has 2 aromatic rings. The summed E-state index contributed by atoms with van der Waals surface area (Å²) in [6.07, 6.45) is 0.807. The normalized spacial score (nSPS) is 14.1. The van der Waals surface area contributed by atoms with Crippen molar-refractivity contribution in [2.24, 2.45) is 0 Å². The van der Waals surface area contributed by atoms with Crippen molar-refractivity contribution in [2.75, 3.05) is 50.1 Å². The van der Waals surface area contributed by atoms with E-state index in [0.717, 1.165) is 12.0 Å². The van der Waals surface area contributed by atoms with E-state index in [4.69, 9.17) is 4.74 Å². The molecule has 1 aliphatic heterocycles. The lowest BCUT2D eigenvalue weighted by Gasteiger charge is -2.26. The number of methoxy groups -OCH3 is 1. The van der Waals surface area contributed by atoms with Gasteiger partial charge in [0.05, 0.1) is 30.9 Å². The van der Waals surface area contributed by atoms with Crippen LogP contribution in [-0.4, -0.2) is 73.8 Å². The number of benzene rings is 2. The second kappa shape index (κ2) is 14.0. The Labute approximate surface area is 228 Å². The molecule has 210 valence electrons. The van der Waals surface area contributed by atoms with Crippen LogP contribution < -0.4 is 20.9 Å². The maximum Gasteiger partial charge on any atom is 0.409 e. The van der Waals surface area contributed by atoms with Gasteiger partial charge in [-0.15, -0.1) is 0 Å². The summed E-state index contributed by atoms with van der Waals surface area (Å²) in [5, 5.41) is 17.9. The van der Waals surface area contributed by atoms with Crippen LogP contribution in [0.3, 0.4) is 0 Å². The van der Waals surface area contributed by atoms with E-state index >= 15 is 0 Å². The maximum atomic E-state index is 13.3. The molecule has 1 heterocycles. The third-order valence-electron chi connectivity index (χ3n) is 6.48. The first kappa shape index (κ1) is 29.3. The summed E-state index contributed by atoms with van der Waals surface area (Å²) >= 11 is 0. The van der Waals surface area contributed by atoms with Crippen molar-refractivity contribution in [3.05, 3.63) is 59.2 Å². The van der Waals surface area contributed by atoms with Crippen molar-refractivity contribution in [2.45, 2.75) is 39.2 Å². The van der Waals surface area contributed by atoms with Gasteiger partial charge in [0.2, 0.25) is 0 Å². The van der Waals surface area contributed by atoms with E-state index in [9.17, 15) is 24.3 Å². The number of aliphatic carboxylic acids is 1. The molecule has 11 heteroatoms. The zero-order valence-electron chi connectivity index (χ0n) is 22.7. The summed E-state index contributed by atoms with van der Waals surface area (Å²) in [5.41, 5.74) is 3.14. The van der Waals surface area contributed by atoms with Gasteiger partial charge in [0.25, 0.3) is 5.91 Å². The van der Waals surface area contributed by atoms with Crippen LogP contribution in [0, 0.1) is 6.92 Å². The Bertz CT molecular complexity index is 1170. The van der Waals surface area contributed by atoms with E-state index in [1.165, 1.54) is 7.11 Å². The molecule has 0 spiro atoms. The molecule has 2 aromatic carbocycles. The number of carbonyl (C=O) groups is 4. The molecule has 4 amide bonds. The van der Waals surface area contributed by atoms with Gasteiger partial charge in [-0.3, -0.25) is 9.59 Å². The molecule has 0 aliphatic carbocycles. The number of aryl methyl sites for hydroxylation is 1. The zero-order valence-corrected chi connectivity index (χ0v) is 22.7. The first-order valence-electron chi connectivity index (χ1n) is 13.1. The highest BCUT2D eigenvalue weighted by atomic mass is 16.5. The fraction of sp³-hybridized carbons (Fsp3) is 0.429. The molecule has 3 rings (SSSR count). The average molecular weight is 540 g/mol. The molecule has 0 bridgehead atoms. The summed E-state index contributed by atoms with van der Waals surface area (Å²) in [4.78, 5) is 53.1. The second-order valence-electron chi connectivity index (χ2n) is 9.45. The molecule has 39 heavy (non-hydrogen) atoms. The SMILES string of the molecule is CCCNC(=O)Nc1cc(C(=O)NC(CC(=O)O)c2ccc(C)cc2)ccc1N1CCCN(C(=O)OC)CC1. The van der Waals surface area contributed by atoms with Crippen molar-refractivity contribution in [3.63, 3.8) is 0 Å². The molecule has 0 aromatic heterocycles. The minimum atomic E-state index is -1.03. The summed E-state index contributed by atoms with van der Waals surface area (Å²) < 4.78 is 4.86. The lowest BCUT2D eigenvalue weighted by molar-refractivity contribution is -0.137. The summed E-state index contributed by atoms with van der Waals surface area (Å²) in [5.74, 6) is -1.49. The number of carboxylic acids is 1. The van der Waals surface area contributed by atoms with E-state index in [1.807, 2.05) is 26.0 Å². The number of urea groups is 1. The fourth-order valence-electron chi connectivity index (χ4n) is 4.40. The molecule has 1 saturated heterocycles. The van der Waals surface area contributed by atoms with E-state index in [-0.39, 0.29) is 18.1 Å². The number of hydrogen-bond acceptors (Lipinski definition) is 6. The molecular formula is C28H37N5O6. The van der Waals surface area contributed by atoms with Gasteiger partial charge in [-0.05, 0) is 43.5 Å². The third kappa shape index (κ3) is 8.36. The van der Waals surface area contributed by atoms with Crippen LogP contribution in [0.15, 0.2) is 42.5 Å². The number of ether oxygens (including phenoxy) is 1. The number of nitrogens with one attached hydrogen (secondary N) is 3. The number of carbonyl (C=O) groups excluding carboxylic acids is 3. The summed E-state index contributed by atoms with van der Waals surface area (Å²) in [7, 11) is 1.35. The number of amides is 4. The number of nitrogens with zero attached hydrogens (tertiary/aromatic N) is 2. The third-order valence-corrected chi connectivity index (χ3v) is 6.48. The van der Waals surface area contributed by atoms with Crippen LogP contribution in [0.4, 0.5) is 21.0 Å². The lowest BCUT2D eigenvalue weighted by Crippen LogP contribution is -2.35. The van der Waals surface area contributed by atoms with Crippen LogP contribution in [0.1, 0.15) is 53.7 Å². The predicted molar refractivity (Wildman–Crippen MR) is 148 cm³/mol. The van der Waals surface area contributed by atoms with E-state index < -0.39 is 23.9 Å².